The third-order valence-corrected chi connectivity index (χ3v) is 3.53. The summed E-state index contributed by atoms with van der Waals surface area (Å²) in [4.78, 5) is 37.1. The number of benzene rings is 1. The molecular formula is C14H10N6O5. The van der Waals surface area contributed by atoms with Gasteiger partial charge in [-0.05, 0) is 13.0 Å². The Morgan fingerprint density at radius 2 is 1.84 bits per heavy atom. The number of nitro groups is 2. The van der Waals surface area contributed by atoms with E-state index < -0.39 is 27.1 Å². The first-order valence-electron chi connectivity index (χ1n) is 6.91. The van der Waals surface area contributed by atoms with Crippen molar-refractivity contribution in [2.45, 2.75) is 6.92 Å². The Kier molecular flexibility index (Phi) is 3.81. The van der Waals surface area contributed by atoms with Crippen LogP contribution in [-0.4, -0.2) is 30.4 Å². The van der Waals surface area contributed by atoms with E-state index in [0.29, 0.717) is 0 Å². The summed E-state index contributed by atoms with van der Waals surface area (Å²) < 4.78 is 1.38. The maximum absolute atomic E-state index is 12.4. The summed E-state index contributed by atoms with van der Waals surface area (Å²) in [5, 5.41) is 28.5. The van der Waals surface area contributed by atoms with E-state index in [0.717, 1.165) is 12.1 Å². The number of aromatic nitrogens is 3. The van der Waals surface area contributed by atoms with Crippen molar-refractivity contribution < 1.29 is 14.6 Å². The summed E-state index contributed by atoms with van der Waals surface area (Å²) in [6.45, 7) is 1.27. The minimum atomic E-state index is -0.741. The van der Waals surface area contributed by atoms with Crippen molar-refractivity contribution in [2.24, 2.45) is 0 Å². The van der Waals surface area contributed by atoms with Crippen LogP contribution in [0, 0.1) is 27.2 Å². The minimum absolute atomic E-state index is 0.0655. The van der Waals surface area contributed by atoms with Crippen LogP contribution >= 0.6 is 0 Å². The zero-order valence-electron chi connectivity index (χ0n) is 12.7. The molecule has 0 saturated carbocycles. The molecule has 1 amide bonds. The first-order valence-corrected chi connectivity index (χ1v) is 6.91. The summed E-state index contributed by atoms with van der Waals surface area (Å²) >= 11 is 0. The molecule has 126 valence electrons. The number of anilines is 1. The summed E-state index contributed by atoms with van der Waals surface area (Å²) in [7, 11) is 0. The first kappa shape index (κ1) is 16.0. The Labute approximate surface area is 139 Å². The first-order chi connectivity index (χ1) is 11.9. The number of nitrogens with zero attached hydrogens (tertiary/aromatic N) is 5. The Hall–Kier alpha value is -3.89. The summed E-state index contributed by atoms with van der Waals surface area (Å²) in [5.41, 5.74) is -0.650. The summed E-state index contributed by atoms with van der Waals surface area (Å²) in [5.74, 6) is -0.638. The lowest BCUT2D eigenvalue weighted by Crippen LogP contribution is -2.13. The van der Waals surface area contributed by atoms with Crippen LogP contribution in [0.2, 0.25) is 0 Å². The van der Waals surface area contributed by atoms with E-state index in [9.17, 15) is 25.0 Å². The molecule has 0 aliphatic heterocycles. The minimum Gasteiger partial charge on any atom is -0.321 e. The molecule has 25 heavy (non-hydrogen) atoms. The van der Waals surface area contributed by atoms with Gasteiger partial charge in [0, 0.05) is 24.5 Å². The number of carbonyl (C=O) groups is 1. The number of rotatable bonds is 4. The van der Waals surface area contributed by atoms with Crippen LogP contribution in [0.5, 0.6) is 0 Å². The fraction of sp³-hybridized carbons (Fsp3) is 0.0714. The molecule has 11 heteroatoms. The predicted molar refractivity (Wildman–Crippen MR) is 85.4 cm³/mol. The number of hydrogen-bond donors (Lipinski definition) is 1. The van der Waals surface area contributed by atoms with Gasteiger partial charge in [0.05, 0.1) is 21.7 Å². The van der Waals surface area contributed by atoms with Gasteiger partial charge in [0.15, 0.2) is 5.65 Å². The smallest absolute Gasteiger partial charge is 0.281 e. The molecule has 0 radical (unpaired) electrons. The van der Waals surface area contributed by atoms with E-state index in [2.05, 4.69) is 15.4 Å². The highest BCUT2D eigenvalue weighted by molar-refractivity contribution is 6.08. The zero-order chi connectivity index (χ0) is 18.1. The second kappa shape index (κ2) is 5.96. The molecule has 0 bridgehead atoms. The van der Waals surface area contributed by atoms with Gasteiger partial charge in [0.1, 0.15) is 11.1 Å². The number of nitrogens with one attached hydrogen (secondary N) is 1. The Morgan fingerprint density at radius 3 is 2.44 bits per heavy atom. The molecule has 0 spiro atoms. The lowest BCUT2D eigenvalue weighted by molar-refractivity contribution is -0.395. The van der Waals surface area contributed by atoms with Gasteiger partial charge >= 0.3 is 0 Å². The topological polar surface area (TPSA) is 146 Å². The number of hydrogen-bond acceptors (Lipinski definition) is 7. The van der Waals surface area contributed by atoms with Crippen LogP contribution < -0.4 is 5.32 Å². The van der Waals surface area contributed by atoms with Crippen molar-refractivity contribution in [3.63, 3.8) is 0 Å². The van der Waals surface area contributed by atoms with Gasteiger partial charge in [-0.15, -0.1) is 0 Å². The molecule has 0 fully saturated rings. The molecule has 2 heterocycles. The lowest BCUT2D eigenvalue weighted by atomic mass is 10.1. The monoisotopic (exact) mass is 342 g/mol. The van der Waals surface area contributed by atoms with E-state index in [-0.39, 0.29) is 22.5 Å². The van der Waals surface area contributed by atoms with Gasteiger partial charge in [-0.25, -0.2) is 9.50 Å². The Morgan fingerprint density at radius 1 is 1.20 bits per heavy atom. The molecule has 0 aliphatic rings. The molecule has 3 rings (SSSR count). The molecule has 3 aromatic rings. The van der Waals surface area contributed by atoms with Crippen molar-refractivity contribution in [2.75, 3.05) is 5.32 Å². The third kappa shape index (κ3) is 2.85. The molecule has 11 nitrogen and oxygen atoms in total. The lowest BCUT2D eigenvalue weighted by Gasteiger charge is -2.06. The molecule has 2 aromatic heterocycles. The van der Waals surface area contributed by atoms with Gasteiger partial charge in [0.25, 0.3) is 17.3 Å². The molecule has 1 aromatic carbocycles. The summed E-state index contributed by atoms with van der Waals surface area (Å²) in [6.07, 6.45) is 4.37. The highest BCUT2D eigenvalue weighted by atomic mass is 16.6. The number of fused-ring (bicyclic) bond motifs is 1. The highest BCUT2D eigenvalue weighted by Crippen LogP contribution is 2.32. The average Bonchev–Trinajstić information content (AvgIpc) is 2.99. The van der Waals surface area contributed by atoms with E-state index in [1.807, 2.05) is 0 Å². The molecular weight excluding hydrogens is 332 g/mol. The van der Waals surface area contributed by atoms with E-state index in [1.165, 1.54) is 23.8 Å². The Balaban J connectivity index is 2.01. The van der Waals surface area contributed by atoms with Crippen LogP contribution in [0.4, 0.5) is 17.1 Å². The van der Waals surface area contributed by atoms with E-state index >= 15 is 0 Å². The van der Waals surface area contributed by atoms with Gasteiger partial charge in [-0.1, -0.05) is 0 Å². The second-order valence-electron chi connectivity index (χ2n) is 5.05. The standard InChI is InChI=1S/C14H10N6O5/c1-8-11(19(22)23)5-9(6-12(8)20(24)25)17-14(21)10-7-16-18-4-2-3-15-13(10)18/h2-7H,1H3,(H,17,21). The van der Waals surface area contributed by atoms with Crippen LogP contribution in [0.1, 0.15) is 15.9 Å². The SMILES string of the molecule is Cc1c([N+](=O)[O-])cc(NC(=O)c2cnn3cccnc23)cc1[N+](=O)[O-]. The average molecular weight is 342 g/mol. The maximum Gasteiger partial charge on any atom is 0.281 e. The molecule has 1 N–H and O–H groups in total. The molecule has 0 unspecified atom stereocenters. The van der Waals surface area contributed by atoms with Crippen LogP contribution in [0.3, 0.4) is 0 Å². The van der Waals surface area contributed by atoms with E-state index in [4.69, 9.17) is 0 Å². The molecule has 0 aliphatic carbocycles. The summed E-state index contributed by atoms with van der Waals surface area (Å²) in [6, 6.07) is 3.77. The third-order valence-electron chi connectivity index (χ3n) is 3.53. The molecule has 0 atom stereocenters. The predicted octanol–water partition coefficient (Wildman–Crippen LogP) is 2.11. The van der Waals surface area contributed by atoms with Crippen molar-refractivity contribution >= 4 is 28.6 Å². The van der Waals surface area contributed by atoms with E-state index in [1.54, 1.807) is 12.3 Å². The van der Waals surface area contributed by atoms with Crippen molar-refractivity contribution in [1.29, 1.82) is 0 Å². The highest BCUT2D eigenvalue weighted by Gasteiger charge is 2.24. The number of amides is 1. The van der Waals surface area contributed by atoms with Crippen molar-refractivity contribution in [3.8, 4) is 0 Å². The van der Waals surface area contributed by atoms with Gasteiger partial charge in [-0.3, -0.25) is 25.0 Å². The Bertz CT molecular complexity index is 992. The normalized spacial score (nSPS) is 10.6. The quantitative estimate of drug-likeness (QED) is 0.564. The van der Waals surface area contributed by atoms with Crippen LogP contribution in [0.15, 0.2) is 36.8 Å². The zero-order valence-corrected chi connectivity index (χ0v) is 12.7. The fourth-order valence-corrected chi connectivity index (χ4v) is 2.32. The van der Waals surface area contributed by atoms with Crippen LogP contribution in [-0.2, 0) is 0 Å². The van der Waals surface area contributed by atoms with Crippen molar-refractivity contribution in [1.82, 2.24) is 14.6 Å². The van der Waals surface area contributed by atoms with Crippen LogP contribution in [0.25, 0.3) is 5.65 Å². The van der Waals surface area contributed by atoms with Gasteiger partial charge < -0.3 is 5.32 Å². The fourth-order valence-electron chi connectivity index (χ4n) is 2.32. The second-order valence-corrected chi connectivity index (χ2v) is 5.05. The number of nitro benzene ring substituents is 2. The molecule has 0 saturated heterocycles. The largest absolute Gasteiger partial charge is 0.321 e. The van der Waals surface area contributed by atoms with Gasteiger partial charge in [0.2, 0.25) is 0 Å². The van der Waals surface area contributed by atoms with Crippen molar-refractivity contribution in [3.05, 3.63) is 68.1 Å². The maximum atomic E-state index is 12.4. The van der Waals surface area contributed by atoms with Gasteiger partial charge in [-0.2, -0.15) is 5.10 Å². The number of carbonyl (C=O) groups excluding carboxylic acids is 1.